The second-order valence-electron chi connectivity index (χ2n) is 4.81. The second-order valence-corrected chi connectivity index (χ2v) is 5.56. The molecule has 1 aromatic heterocycles. The van der Waals surface area contributed by atoms with Crippen LogP contribution in [0.5, 0.6) is 5.75 Å². The highest BCUT2D eigenvalue weighted by atomic mass is 32.1. The van der Waals surface area contributed by atoms with Crippen LogP contribution in [0.25, 0.3) is 0 Å². The van der Waals surface area contributed by atoms with Crippen LogP contribution in [0.3, 0.4) is 0 Å². The molecule has 3 nitrogen and oxygen atoms in total. The molecule has 3 N–H and O–H groups in total. The van der Waals surface area contributed by atoms with E-state index in [-0.39, 0.29) is 12.1 Å². The van der Waals surface area contributed by atoms with Crippen molar-refractivity contribution in [1.29, 1.82) is 0 Å². The standard InChI is InChI=1S/C15H20N2OS/c1-10(2)18-14-7-5-4-6-12(14)15(17-16)13-9-19-8-11(13)3/h4-10,15,17H,16H2,1-3H3. The van der Waals surface area contributed by atoms with Gasteiger partial charge in [0.15, 0.2) is 0 Å². The van der Waals surface area contributed by atoms with Gasteiger partial charge in [0.2, 0.25) is 0 Å². The van der Waals surface area contributed by atoms with Gasteiger partial charge < -0.3 is 4.74 Å². The predicted molar refractivity (Wildman–Crippen MR) is 80.4 cm³/mol. The molecule has 2 rings (SSSR count). The van der Waals surface area contributed by atoms with Gasteiger partial charge in [0.1, 0.15) is 5.75 Å². The number of rotatable bonds is 5. The first kappa shape index (κ1) is 14.1. The molecular weight excluding hydrogens is 256 g/mol. The fourth-order valence-electron chi connectivity index (χ4n) is 2.09. The fraction of sp³-hybridized carbons (Fsp3) is 0.333. The van der Waals surface area contributed by atoms with Crippen LogP contribution in [0, 0.1) is 6.92 Å². The van der Waals surface area contributed by atoms with Gasteiger partial charge in [0, 0.05) is 5.56 Å². The van der Waals surface area contributed by atoms with E-state index in [0.717, 1.165) is 11.3 Å². The quantitative estimate of drug-likeness (QED) is 0.650. The summed E-state index contributed by atoms with van der Waals surface area (Å²) >= 11 is 1.69. The third-order valence-corrected chi connectivity index (χ3v) is 3.85. The van der Waals surface area contributed by atoms with E-state index in [9.17, 15) is 0 Å². The topological polar surface area (TPSA) is 47.3 Å². The summed E-state index contributed by atoms with van der Waals surface area (Å²) < 4.78 is 5.87. The summed E-state index contributed by atoms with van der Waals surface area (Å²) in [5.74, 6) is 6.64. The molecule has 0 radical (unpaired) electrons. The maximum absolute atomic E-state index is 5.87. The number of benzene rings is 1. The Kier molecular flexibility index (Phi) is 4.58. The lowest BCUT2D eigenvalue weighted by Crippen LogP contribution is -2.29. The molecule has 1 aromatic carbocycles. The molecule has 1 atom stereocenters. The van der Waals surface area contributed by atoms with Gasteiger partial charge in [-0.15, -0.1) is 0 Å². The molecule has 0 aliphatic heterocycles. The van der Waals surface area contributed by atoms with Crippen molar-refractivity contribution in [3.8, 4) is 5.75 Å². The molecule has 0 saturated carbocycles. The van der Waals surface area contributed by atoms with Crippen LogP contribution in [0.4, 0.5) is 0 Å². The zero-order valence-electron chi connectivity index (χ0n) is 11.5. The van der Waals surface area contributed by atoms with E-state index in [4.69, 9.17) is 10.6 Å². The maximum Gasteiger partial charge on any atom is 0.124 e. The average Bonchev–Trinajstić information content (AvgIpc) is 2.78. The van der Waals surface area contributed by atoms with Crippen molar-refractivity contribution in [3.05, 3.63) is 51.7 Å². The Labute approximate surface area is 118 Å². The molecule has 19 heavy (non-hydrogen) atoms. The lowest BCUT2D eigenvalue weighted by atomic mass is 9.98. The van der Waals surface area contributed by atoms with Crippen LogP contribution in [0.1, 0.15) is 36.6 Å². The molecule has 0 saturated heterocycles. The fourth-order valence-corrected chi connectivity index (χ4v) is 2.97. The van der Waals surface area contributed by atoms with Crippen LogP contribution in [-0.2, 0) is 0 Å². The molecule has 4 heteroatoms. The zero-order valence-corrected chi connectivity index (χ0v) is 12.3. The highest BCUT2D eigenvalue weighted by Crippen LogP contribution is 2.33. The largest absolute Gasteiger partial charge is 0.491 e. The van der Waals surface area contributed by atoms with Gasteiger partial charge in [-0.25, -0.2) is 5.43 Å². The summed E-state index contributed by atoms with van der Waals surface area (Å²) in [6.07, 6.45) is 0.142. The van der Waals surface area contributed by atoms with Gasteiger partial charge in [-0.2, -0.15) is 11.3 Å². The molecule has 0 bridgehead atoms. The Balaban J connectivity index is 2.41. The van der Waals surface area contributed by atoms with Crippen molar-refractivity contribution in [2.75, 3.05) is 0 Å². The number of aryl methyl sites for hydroxylation is 1. The minimum Gasteiger partial charge on any atom is -0.491 e. The van der Waals surface area contributed by atoms with Crippen LogP contribution < -0.4 is 16.0 Å². The molecule has 0 aliphatic rings. The molecule has 1 unspecified atom stereocenters. The smallest absolute Gasteiger partial charge is 0.124 e. The van der Waals surface area contributed by atoms with Crippen molar-refractivity contribution < 1.29 is 4.74 Å². The molecule has 0 aliphatic carbocycles. The van der Waals surface area contributed by atoms with Crippen molar-refractivity contribution >= 4 is 11.3 Å². The number of hydrogen-bond acceptors (Lipinski definition) is 4. The summed E-state index contributed by atoms with van der Waals surface area (Å²) in [6.45, 7) is 6.15. The second kappa shape index (κ2) is 6.19. The number of para-hydroxylation sites is 1. The molecule has 0 amide bonds. The Morgan fingerprint density at radius 2 is 1.89 bits per heavy atom. The number of hydrazine groups is 1. The number of nitrogens with two attached hydrogens (primary N) is 1. The first-order valence-corrected chi connectivity index (χ1v) is 7.32. The van der Waals surface area contributed by atoms with Crippen LogP contribution >= 0.6 is 11.3 Å². The van der Waals surface area contributed by atoms with Gasteiger partial charge in [-0.1, -0.05) is 18.2 Å². The van der Waals surface area contributed by atoms with E-state index in [1.807, 2.05) is 32.0 Å². The first-order valence-electron chi connectivity index (χ1n) is 6.38. The molecule has 102 valence electrons. The van der Waals surface area contributed by atoms with Gasteiger partial charge in [0.25, 0.3) is 0 Å². The molecular formula is C15H20N2OS. The third kappa shape index (κ3) is 3.15. The highest BCUT2D eigenvalue weighted by molar-refractivity contribution is 7.08. The van der Waals surface area contributed by atoms with Crippen molar-refractivity contribution in [2.45, 2.75) is 32.9 Å². The van der Waals surface area contributed by atoms with E-state index < -0.39 is 0 Å². The predicted octanol–water partition coefficient (Wildman–Crippen LogP) is 3.40. The van der Waals surface area contributed by atoms with Gasteiger partial charge in [-0.05, 0) is 48.7 Å². The lowest BCUT2D eigenvalue weighted by molar-refractivity contribution is 0.238. The van der Waals surface area contributed by atoms with Crippen LogP contribution in [-0.4, -0.2) is 6.10 Å². The normalized spacial score (nSPS) is 12.7. The highest BCUT2D eigenvalue weighted by Gasteiger charge is 2.19. The molecule has 2 aromatic rings. The van der Waals surface area contributed by atoms with Crippen molar-refractivity contribution in [2.24, 2.45) is 5.84 Å². The monoisotopic (exact) mass is 276 g/mol. The number of nitrogens with one attached hydrogen (secondary N) is 1. The summed E-state index contributed by atoms with van der Waals surface area (Å²) in [6, 6.07) is 7.99. The number of thiophene rings is 1. The summed E-state index contributed by atoms with van der Waals surface area (Å²) in [5.41, 5.74) is 6.42. The number of hydrogen-bond donors (Lipinski definition) is 2. The first-order chi connectivity index (χ1) is 9.13. The SMILES string of the molecule is Cc1cscc1C(NN)c1ccccc1OC(C)C. The Morgan fingerprint density at radius 3 is 2.47 bits per heavy atom. The minimum atomic E-state index is -0.0406. The Hall–Kier alpha value is -1.36. The maximum atomic E-state index is 5.87. The van der Waals surface area contributed by atoms with Crippen LogP contribution in [0.2, 0.25) is 0 Å². The van der Waals surface area contributed by atoms with Gasteiger partial charge >= 0.3 is 0 Å². The Morgan fingerprint density at radius 1 is 1.16 bits per heavy atom. The van der Waals surface area contributed by atoms with Gasteiger partial charge in [0.05, 0.1) is 12.1 Å². The van der Waals surface area contributed by atoms with E-state index in [1.54, 1.807) is 11.3 Å². The van der Waals surface area contributed by atoms with E-state index >= 15 is 0 Å². The van der Waals surface area contributed by atoms with E-state index in [1.165, 1.54) is 11.1 Å². The summed E-state index contributed by atoms with van der Waals surface area (Å²) in [4.78, 5) is 0. The van der Waals surface area contributed by atoms with Crippen molar-refractivity contribution in [3.63, 3.8) is 0 Å². The van der Waals surface area contributed by atoms with Crippen molar-refractivity contribution in [1.82, 2.24) is 5.43 Å². The van der Waals surface area contributed by atoms with E-state index in [2.05, 4.69) is 29.2 Å². The minimum absolute atomic E-state index is 0.0406. The van der Waals surface area contributed by atoms with E-state index in [0.29, 0.717) is 0 Å². The Bertz CT molecular complexity index is 536. The lowest BCUT2D eigenvalue weighted by Gasteiger charge is -2.21. The zero-order chi connectivity index (χ0) is 13.8. The molecule has 0 fully saturated rings. The van der Waals surface area contributed by atoms with Crippen LogP contribution in [0.15, 0.2) is 35.0 Å². The third-order valence-electron chi connectivity index (χ3n) is 2.97. The summed E-state index contributed by atoms with van der Waals surface area (Å²) in [7, 11) is 0. The summed E-state index contributed by atoms with van der Waals surface area (Å²) in [5, 5.41) is 4.26. The molecule has 0 spiro atoms. The van der Waals surface area contributed by atoms with Gasteiger partial charge in [-0.3, -0.25) is 5.84 Å². The average molecular weight is 276 g/mol. The number of ether oxygens (including phenoxy) is 1. The molecule has 1 heterocycles.